The molecule has 0 saturated carbocycles. The van der Waals surface area contributed by atoms with E-state index in [-0.39, 0.29) is 11.7 Å². The zero-order valence-corrected chi connectivity index (χ0v) is 14.9. The number of para-hydroxylation sites is 1. The van der Waals surface area contributed by atoms with Crippen molar-refractivity contribution in [2.24, 2.45) is 0 Å². The van der Waals surface area contributed by atoms with Gasteiger partial charge in [0, 0.05) is 6.54 Å². The number of nitrogens with one attached hydrogen (secondary N) is 1. The largest absolute Gasteiger partial charge is 0.573 e. The number of likely N-dealkylation sites (N-methyl/N-ethyl adjacent to an activating group) is 1. The second-order valence-corrected chi connectivity index (χ2v) is 6.16. The number of alkyl halides is 3. The fourth-order valence-corrected chi connectivity index (χ4v) is 2.40. The molecular weight excluding hydrogens is 369 g/mol. The number of anilines is 1. The molecule has 0 radical (unpaired) electrons. The normalized spacial score (nSPS) is 12.7. The number of hydrogen-bond donors (Lipinski definition) is 1. The van der Waals surface area contributed by atoms with Crippen LogP contribution in [0.5, 0.6) is 5.75 Å². The highest BCUT2D eigenvalue weighted by atomic mass is 35.5. The molecule has 2 aromatic carbocycles. The maximum Gasteiger partial charge on any atom is 0.573 e. The molecule has 0 fully saturated rings. The van der Waals surface area contributed by atoms with Crippen LogP contribution in [0.4, 0.5) is 18.9 Å². The molecule has 0 aliphatic heterocycles. The predicted molar refractivity (Wildman–Crippen MR) is 94.1 cm³/mol. The third kappa shape index (κ3) is 5.93. The van der Waals surface area contributed by atoms with Crippen LogP contribution in [0.3, 0.4) is 0 Å². The Morgan fingerprint density at radius 2 is 1.81 bits per heavy atom. The van der Waals surface area contributed by atoms with Gasteiger partial charge in [-0.15, -0.1) is 13.2 Å². The van der Waals surface area contributed by atoms with Gasteiger partial charge in [0.25, 0.3) is 0 Å². The molecule has 0 aliphatic carbocycles. The van der Waals surface area contributed by atoms with Crippen LogP contribution in [0.2, 0.25) is 5.02 Å². The summed E-state index contributed by atoms with van der Waals surface area (Å²) in [5.74, 6) is -0.522. The second-order valence-electron chi connectivity index (χ2n) is 5.75. The Bertz CT molecular complexity index is 751. The topological polar surface area (TPSA) is 41.6 Å². The van der Waals surface area contributed by atoms with Crippen molar-refractivity contribution in [1.29, 1.82) is 0 Å². The third-order valence-electron chi connectivity index (χ3n) is 3.76. The van der Waals surface area contributed by atoms with E-state index in [1.54, 1.807) is 43.1 Å². The molecule has 140 valence electrons. The minimum Gasteiger partial charge on any atom is -0.406 e. The maximum atomic E-state index is 12.4. The summed E-state index contributed by atoms with van der Waals surface area (Å²) in [5.41, 5.74) is 1.27. The fraction of sp³-hybridized carbons (Fsp3) is 0.278. The number of hydrogen-bond acceptors (Lipinski definition) is 3. The van der Waals surface area contributed by atoms with Crippen LogP contribution < -0.4 is 10.1 Å². The molecular formula is C18H18ClF3N2O2. The van der Waals surface area contributed by atoms with Crippen molar-refractivity contribution in [3.05, 3.63) is 59.1 Å². The number of rotatable bonds is 6. The molecule has 8 heteroatoms. The van der Waals surface area contributed by atoms with Crippen LogP contribution in [-0.4, -0.2) is 30.3 Å². The van der Waals surface area contributed by atoms with Crippen molar-refractivity contribution in [3.63, 3.8) is 0 Å². The summed E-state index contributed by atoms with van der Waals surface area (Å²) in [6, 6.07) is 12.0. The first-order valence-electron chi connectivity index (χ1n) is 7.76. The lowest BCUT2D eigenvalue weighted by Crippen LogP contribution is -2.39. The van der Waals surface area contributed by atoms with E-state index in [1.165, 1.54) is 24.3 Å². The van der Waals surface area contributed by atoms with Gasteiger partial charge in [-0.25, -0.2) is 0 Å². The van der Waals surface area contributed by atoms with E-state index in [0.717, 1.165) is 5.56 Å². The third-order valence-corrected chi connectivity index (χ3v) is 4.09. The van der Waals surface area contributed by atoms with Gasteiger partial charge in [0.2, 0.25) is 5.91 Å². The molecule has 1 atom stereocenters. The summed E-state index contributed by atoms with van der Waals surface area (Å²) in [6.07, 6.45) is -4.72. The first-order chi connectivity index (χ1) is 12.2. The average Bonchev–Trinajstić information content (AvgIpc) is 2.56. The highest BCUT2D eigenvalue weighted by Gasteiger charge is 2.31. The van der Waals surface area contributed by atoms with Crippen LogP contribution >= 0.6 is 11.6 Å². The molecule has 1 unspecified atom stereocenters. The average molecular weight is 387 g/mol. The molecule has 4 nitrogen and oxygen atoms in total. The molecule has 0 aromatic heterocycles. The van der Waals surface area contributed by atoms with E-state index in [0.29, 0.717) is 17.3 Å². The summed E-state index contributed by atoms with van der Waals surface area (Å²) in [5, 5.41) is 3.19. The number of carbonyl (C=O) groups is 1. The standard InChI is InChI=1S/C18H18ClF3N2O2/c1-12(17(25)23-16-6-4-3-5-15(16)19)24(2)11-13-7-9-14(10-8-13)26-18(20,21)22/h3-10,12H,11H2,1-2H3,(H,23,25). The second kappa shape index (κ2) is 8.42. The van der Waals surface area contributed by atoms with Crippen molar-refractivity contribution in [3.8, 4) is 5.75 Å². The highest BCUT2D eigenvalue weighted by Crippen LogP contribution is 2.23. The molecule has 0 spiro atoms. The van der Waals surface area contributed by atoms with Crippen LogP contribution in [0.15, 0.2) is 48.5 Å². The van der Waals surface area contributed by atoms with Crippen molar-refractivity contribution in [2.45, 2.75) is 25.9 Å². The first-order valence-corrected chi connectivity index (χ1v) is 8.14. The summed E-state index contributed by atoms with van der Waals surface area (Å²) >= 11 is 6.02. The van der Waals surface area contributed by atoms with E-state index in [9.17, 15) is 18.0 Å². The van der Waals surface area contributed by atoms with Crippen LogP contribution in [-0.2, 0) is 11.3 Å². The summed E-state index contributed by atoms with van der Waals surface area (Å²) < 4.78 is 40.3. The van der Waals surface area contributed by atoms with Crippen molar-refractivity contribution in [2.75, 3.05) is 12.4 Å². The van der Waals surface area contributed by atoms with Gasteiger partial charge in [-0.3, -0.25) is 9.69 Å². The lowest BCUT2D eigenvalue weighted by atomic mass is 10.1. The number of halogens is 4. The van der Waals surface area contributed by atoms with Gasteiger partial charge in [-0.1, -0.05) is 35.9 Å². The van der Waals surface area contributed by atoms with Gasteiger partial charge >= 0.3 is 6.36 Å². The molecule has 26 heavy (non-hydrogen) atoms. The highest BCUT2D eigenvalue weighted by molar-refractivity contribution is 6.33. The zero-order valence-electron chi connectivity index (χ0n) is 14.2. The molecule has 2 rings (SSSR count). The number of carbonyl (C=O) groups excluding carboxylic acids is 1. The van der Waals surface area contributed by atoms with Gasteiger partial charge < -0.3 is 10.1 Å². The van der Waals surface area contributed by atoms with Gasteiger partial charge in [0.1, 0.15) is 5.75 Å². The molecule has 0 aliphatic rings. The van der Waals surface area contributed by atoms with E-state index in [4.69, 9.17) is 11.6 Å². The van der Waals surface area contributed by atoms with Crippen LogP contribution in [0, 0.1) is 0 Å². The summed E-state index contributed by atoms with van der Waals surface area (Å²) in [7, 11) is 1.75. The number of nitrogens with zero attached hydrogens (tertiary/aromatic N) is 1. The lowest BCUT2D eigenvalue weighted by Gasteiger charge is -2.24. The maximum absolute atomic E-state index is 12.4. The van der Waals surface area contributed by atoms with Crippen LogP contribution in [0.1, 0.15) is 12.5 Å². The molecule has 1 amide bonds. The van der Waals surface area contributed by atoms with Gasteiger partial charge in [-0.05, 0) is 43.8 Å². The zero-order chi connectivity index (χ0) is 19.3. The number of amides is 1. The van der Waals surface area contributed by atoms with Crippen molar-refractivity contribution < 1.29 is 22.7 Å². The molecule has 0 saturated heterocycles. The quantitative estimate of drug-likeness (QED) is 0.782. The summed E-state index contributed by atoms with van der Waals surface area (Å²) in [6.45, 7) is 2.11. The predicted octanol–water partition coefficient (Wildman–Crippen LogP) is 4.70. The molecule has 2 aromatic rings. The van der Waals surface area contributed by atoms with E-state index < -0.39 is 12.4 Å². The monoisotopic (exact) mass is 386 g/mol. The van der Waals surface area contributed by atoms with Crippen LogP contribution in [0.25, 0.3) is 0 Å². The molecule has 0 bridgehead atoms. The molecule has 1 N–H and O–H groups in total. The Balaban J connectivity index is 1.94. The van der Waals surface area contributed by atoms with Crippen molar-refractivity contribution >= 4 is 23.2 Å². The first kappa shape index (κ1) is 20.1. The van der Waals surface area contributed by atoms with E-state index in [1.807, 2.05) is 0 Å². The Morgan fingerprint density at radius 3 is 2.38 bits per heavy atom. The van der Waals surface area contributed by atoms with E-state index >= 15 is 0 Å². The van der Waals surface area contributed by atoms with Gasteiger partial charge in [-0.2, -0.15) is 0 Å². The Labute approximate surface area is 154 Å². The fourth-order valence-electron chi connectivity index (χ4n) is 2.22. The van der Waals surface area contributed by atoms with Crippen molar-refractivity contribution in [1.82, 2.24) is 4.90 Å². The number of ether oxygens (including phenoxy) is 1. The summed E-state index contributed by atoms with van der Waals surface area (Å²) in [4.78, 5) is 14.1. The smallest absolute Gasteiger partial charge is 0.406 e. The molecule has 0 heterocycles. The Hall–Kier alpha value is -2.25. The Kier molecular flexibility index (Phi) is 6.50. The van der Waals surface area contributed by atoms with Gasteiger partial charge in [0.15, 0.2) is 0 Å². The minimum atomic E-state index is -4.72. The minimum absolute atomic E-state index is 0.238. The lowest BCUT2D eigenvalue weighted by molar-refractivity contribution is -0.274. The number of benzene rings is 2. The Morgan fingerprint density at radius 1 is 1.19 bits per heavy atom. The van der Waals surface area contributed by atoms with Gasteiger partial charge in [0.05, 0.1) is 16.8 Å². The van der Waals surface area contributed by atoms with E-state index in [2.05, 4.69) is 10.1 Å². The SMILES string of the molecule is CC(C(=O)Nc1ccccc1Cl)N(C)Cc1ccc(OC(F)(F)F)cc1.